The first-order valence-corrected chi connectivity index (χ1v) is 7.02. The Hall–Kier alpha value is -1.31. The van der Waals surface area contributed by atoms with Gasteiger partial charge in [-0.1, -0.05) is 36.8 Å². The van der Waals surface area contributed by atoms with Gasteiger partial charge in [0.05, 0.1) is 0 Å². The Labute approximate surface area is 110 Å². The van der Waals surface area contributed by atoms with E-state index in [9.17, 15) is 4.79 Å². The lowest BCUT2D eigenvalue weighted by molar-refractivity contribution is -0.132. The fraction of sp³-hybridized carbons (Fsp3) is 0.562. The molecule has 0 bridgehead atoms. The summed E-state index contributed by atoms with van der Waals surface area (Å²) in [6, 6.07) is 8.84. The largest absolute Gasteiger partial charge is 0.343 e. The fourth-order valence-electron chi connectivity index (χ4n) is 2.67. The number of nitrogens with zero attached hydrogens (tertiary/aromatic N) is 1. The minimum absolute atomic E-state index is 0.309. The first kappa shape index (κ1) is 13.1. The molecule has 0 aliphatic carbocycles. The van der Waals surface area contributed by atoms with Crippen LogP contribution in [0.25, 0.3) is 0 Å². The molecule has 2 nitrogen and oxygen atoms in total. The van der Waals surface area contributed by atoms with E-state index in [4.69, 9.17) is 0 Å². The average Bonchev–Trinajstić information content (AvgIpc) is 2.41. The Balaban J connectivity index is 1.83. The standard InChI is InChI=1S/C16H23NO/c1-3-16(18)17-10-8-15(9-11-17)12-14-6-4-13(2)5-7-14/h4-7,15H,3,8-12H2,1-2H3. The lowest BCUT2D eigenvalue weighted by Crippen LogP contribution is -2.38. The van der Waals surface area contributed by atoms with Gasteiger partial charge in [0.15, 0.2) is 0 Å². The molecule has 1 aromatic rings. The van der Waals surface area contributed by atoms with Crippen molar-refractivity contribution in [3.05, 3.63) is 35.4 Å². The maximum atomic E-state index is 11.6. The van der Waals surface area contributed by atoms with Gasteiger partial charge in [0.2, 0.25) is 5.91 Å². The Bertz CT molecular complexity index is 388. The van der Waals surface area contributed by atoms with Crippen molar-refractivity contribution >= 4 is 5.91 Å². The van der Waals surface area contributed by atoms with Gasteiger partial charge in [0.1, 0.15) is 0 Å². The number of likely N-dealkylation sites (tertiary alicyclic amines) is 1. The highest BCUT2D eigenvalue weighted by atomic mass is 16.2. The van der Waals surface area contributed by atoms with Crippen molar-refractivity contribution in [3.63, 3.8) is 0 Å². The second-order valence-electron chi connectivity index (χ2n) is 5.37. The van der Waals surface area contributed by atoms with E-state index in [1.165, 1.54) is 11.1 Å². The average molecular weight is 245 g/mol. The van der Waals surface area contributed by atoms with E-state index in [2.05, 4.69) is 31.2 Å². The van der Waals surface area contributed by atoms with Crippen LogP contribution in [0.4, 0.5) is 0 Å². The van der Waals surface area contributed by atoms with E-state index in [0.717, 1.165) is 38.3 Å². The van der Waals surface area contributed by atoms with Gasteiger partial charge >= 0.3 is 0 Å². The second-order valence-corrected chi connectivity index (χ2v) is 5.37. The Morgan fingerprint density at radius 1 is 1.22 bits per heavy atom. The molecule has 1 saturated heterocycles. The molecule has 0 atom stereocenters. The van der Waals surface area contributed by atoms with Crippen LogP contribution in [-0.2, 0) is 11.2 Å². The monoisotopic (exact) mass is 245 g/mol. The number of aryl methyl sites for hydroxylation is 1. The van der Waals surface area contributed by atoms with Gasteiger partial charge in [-0.05, 0) is 37.7 Å². The van der Waals surface area contributed by atoms with Crippen LogP contribution < -0.4 is 0 Å². The van der Waals surface area contributed by atoms with Crippen LogP contribution in [0.5, 0.6) is 0 Å². The highest BCUT2D eigenvalue weighted by Gasteiger charge is 2.21. The van der Waals surface area contributed by atoms with Gasteiger partial charge in [-0.15, -0.1) is 0 Å². The number of amides is 1. The zero-order chi connectivity index (χ0) is 13.0. The number of carbonyl (C=O) groups excluding carboxylic acids is 1. The molecule has 0 N–H and O–H groups in total. The maximum Gasteiger partial charge on any atom is 0.222 e. The number of benzene rings is 1. The number of carbonyl (C=O) groups is 1. The van der Waals surface area contributed by atoms with Crippen molar-refractivity contribution in [1.82, 2.24) is 4.90 Å². The van der Waals surface area contributed by atoms with Crippen molar-refractivity contribution < 1.29 is 4.79 Å². The summed E-state index contributed by atoms with van der Waals surface area (Å²) in [6.45, 7) is 5.96. The van der Waals surface area contributed by atoms with E-state index in [1.807, 2.05) is 11.8 Å². The SMILES string of the molecule is CCC(=O)N1CCC(Cc2ccc(C)cc2)CC1. The van der Waals surface area contributed by atoms with E-state index in [1.54, 1.807) is 0 Å². The molecule has 1 fully saturated rings. The van der Waals surface area contributed by atoms with Crippen molar-refractivity contribution in [2.45, 2.75) is 39.5 Å². The normalized spacial score (nSPS) is 16.9. The Morgan fingerprint density at radius 2 is 1.83 bits per heavy atom. The molecular weight excluding hydrogens is 222 g/mol. The number of hydrogen-bond donors (Lipinski definition) is 0. The van der Waals surface area contributed by atoms with E-state index in [-0.39, 0.29) is 0 Å². The molecule has 2 rings (SSSR count). The van der Waals surface area contributed by atoms with Crippen LogP contribution in [0.1, 0.15) is 37.3 Å². The first-order valence-electron chi connectivity index (χ1n) is 7.02. The van der Waals surface area contributed by atoms with Gasteiger partial charge < -0.3 is 4.90 Å². The molecule has 0 spiro atoms. The van der Waals surface area contributed by atoms with Gasteiger partial charge in [-0.2, -0.15) is 0 Å². The first-order chi connectivity index (χ1) is 8.69. The summed E-state index contributed by atoms with van der Waals surface area (Å²) in [4.78, 5) is 13.6. The summed E-state index contributed by atoms with van der Waals surface area (Å²) >= 11 is 0. The molecule has 98 valence electrons. The van der Waals surface area contributed by atoms with Gasteiger partial charge in [0, 0.05) is 19.5 Å². The third kappa shape index (κ3) is 3.34. The molecule has 1 amide bonds. The Morgan fingerprint density at radius 3 is 2.39 bits per heavy atom. The third-order valence-electron chi connectivity index (χ3n) is 3.91. The van der Waals surface area contributed by atoms with Crippen LogP contribution in [0.15, 0.2) is 24.3 Å². The fourth-order valence-corrected chi connectivity index (χ4v) is 2.67. The van der Waals surface area contributed by atoms with Crippen molar-refractivity contribution in [1.29, 1.82) is 0 Å². The van der Waals surface area contributed by atoms with Gasteiger partial charge in [-0.25, -0.2) is 0 Å². The van der Waals surface area contributed by atoms with Crippen molar-refractivity contribution in [3.8, 4) is 0 Å². The molecule has 0 saturated carbocycles. The molecule has 18 heavy (non-hydrogen) atoms. The molecule has 1 aliphatic rings. The maximum absolute atomic E-state index is 11.6. The number of piperidine rings is 1. The summed E-state index contributed by atoms with van der Waals surface area (Å²) in [5.41, 5.74) is 2.75. The summed E-state index contributed by atoms with van der Waals surface area (Å²) in [7, 11) is 0. The molecule has 0 aromatic heterocycles. The second kappa shape index (κ2) is 6.03. The summed E-state index contributed by atoms with van der Waals surface area (Å²) in [5.74, 6) is 1.05. The van der Waals surface area contributed by atoms with Crippen LogP contribution in [0, 0.1) is 12.8 Å². The smallest absolute Gasteiger partial charge is 0.222 e. The lowest BCUT2D eigenvalue weighted by Gasteiger charge is -2.32. The number of hydrogen-bond acceptors (Lipinski definition) is 1. The van der Waals surface area contributed by atoms with Gasteiger partial charge in [-0.3, -0.25) is 4.79 Å². The van der Waals surface area contributed by atoms with Crippen molar-refractivity contribution in [2.75, 3.05) is 13.1 Å². The predicted molar refractivity (Wildman–Crippen MR) is 74.5 cm³/mol. The number of rotatable bonds is 3. The predicted octanol–water partition coefficient (Wildman–Crippen LogP) is 3.19. The van der Waals surface area contributed by atoms with E-state index < -0.39 is 0 Å². The van der Waals surface area contributed by atoms with Crippen molar-refractivity contribution in [2.24, 2.45) is 5.92 Å². The van der Waals surface area contributed by atoms with E-state index in [0.29, 0.717) is 12.3 Å². The third-order valence-corrected chi connectivity index (χ3v) is 3.91. The molecular formula is C16H23NO. The highest BCUT2D eigenvalue weighted by Crippen LogP contribution is 2.22. The minimum atomic E-state index is 0.309. The molecule has 1 aliphatic heterocycles. The Kier molecular flexibility index (Phi) is 4.40. The van der Waals surface area contributed by atoms with Gasteiger partial charge in [0.25, 0.3) is 0 Å². The zero-order valence-corrected chi connectivity index (χ0v) is 11.5. The van der Waals surface area contributed by atoms with Crippen LogP contribution in [0.3, 0.4) is 0 Å². The summed E-state index contributed by atoms with van der Waals surface area (Å²) < 4.78 is 0. The molecule has 1 heterocycles. The highest BCUT2D eigenvalue weighted by molar-refractivity contribution is 5.75. The molecule has 1 aromatic carbocycles. The lowest BCUT2D eigenvalue weighted by atomic mass is 9.90. The van der Waals surface area contributed by atoms with E-state index >= 15 is 0 Å². The molecule has 0 radical (unpaired) electrons. The van der Waals surface area contributed by atoms with Crippen LogP contribution >= 0.6 is 0 Å². The zero-order valence-electron chi connectivity index (χ0n) is 11.5. The van der Waals surface area contributed by atoms with Crippen LogP contribution in [-0.4, -0.2) is 23.9 Å². The van der Waals surface area contributed by atoms with Crippen LogP contribution in [0.2, 0.25) is 0 Å². The topological polar surface area (TPSA) is 20.3 Å². The summed E-state index contributed by atoms with van der Waals surface area (Å²) in [5, 5.41) is 0. The summed E-state index contributed by atoms with van der Waals surface area (Å²) in [6.07, 6.45) is 4.11. The quantitative estimate of drug-likeness (QED) is 0.801. The minimum Gasteiger partial charge on any atom is -0.343 e. The molecule has 0 unspecified atom stereocenters. The molecule has 2 heteroatoms.